The van der Waals surface area contributed by atoms with Crippen LogP contribution in [0.3, 0.4) is 0 Å². The smallest absolute Gasteiger partial charge is 0.0380 e. The predicted octanol–water partition coefficient (Wildman–Crippen LogP) is 6.98. The highest BCUT2D eigenvalue weighted by molar-refractivity contribution is 4.90. The van der Waals surface area contributed by atoms with Gasteiger partial charge in [0.2, 0.25) is 0 Å². The molecule has 0 spiro atoms. The first-order chi connectivity index (χ1) is 10.4. The normalized spacial score (nSPS) is 40.1. The Hall–Kier alpha value is 0. The highest BCUT2D eigenvalue weighted by Crippen LogP contribution is 2.50. The largest absolute Gasteiger partial charge is 0.0654 e. The van der Waals surface area contributed by atoms with Crippen molar-refractivity contribution >= 4 is 0 Å². The molecule has 0 radical (unpaired) electrons. The first-order valence-corrected chi connectivity index (χ1v) is 10.4. The van der Waals surface area contributed by atoms with E-state index in [1.54, 1.807) is 70.6 Å². The molecule has 3 aliphatic rings. The first-order valence-electron chi connectivity index (χ1n) is 10.4. The average Bonchev–Trinajstić information content (AvgIpc) is 2.96. The van der Waals surface area contributed by atoms with Gasteiger partial charge in [-0.1, -0.05) is 77.6 Å². The van der Waals surface area contributed by atoms with Crippen molar-refractivity contribution < 1.29 is 0 Å². The van der Waals surface area contributed by atoms with Crippen LogP contribution in [0.25, 0.3) is 0 Å². The van der Waals surface area contributed by atoms with Crippen molar-refractivity contribution in [3.05, 3.63) is 0 Å². The zero-order valence-electron chi connectivity index (χ0n) is 14.5. The zero-order valence-corrected chi connectivity index (χ0v) is 14.5. The molecule has 0 nitrogen and oxygen atoms in total. The molecule has 0 bridgehead atoms. The summed E-state index contributed by atoms with van der Waals surface area (Å²) >= 11 is 0. The van der Waals surface area contributed by atoms with Crippen LogP contribution in [0.15, 0.2) is 0 Å². The second kappa shape index (κ2) is 8.02. The predicted molar refractivity (Wildman–Crippen MR) is 92.4 cm³/mol. The Balaban J connectivity index is 1.36. The lowest BCUT2D eigenvalue weighted by atomic mass is 9.73. The summed E-state index contributed by atoms with van der Waals surface area (Å²) < 4.78 is 0. The lowest BCUT2D eigenvalue weighted by molar-refractivity contribution is 0.193. The van der Waals surface area contributed by atoms with E-state index < -0.39 is 0 Å². The van der Waals surface area contributed by atoms with Gasteiger partial charge in [0.1, 0.15) is 0 Å². The van der Waals surface area contributed by atoms with Gasteiger partial charge in [0.15, 0.2) is 0 Å². The number of fused-ring (bicyclic) bond motifs is 1. The summed E-state index contributed by atoms with van der Waals surface area (Å²) in [4.78, 5) is 0. The summed E-state index contributed by atoms with van der Waals surface area (Å²) in [5.74, 6) is 5.66. The van der Waals surface area contributed by atoms with E-state index >= 15 is 0 Å². The third kappa shape index (κ3) is 4.26. The Bertz CT molecular complexity index is 272. The summed E-state index contributed by atoms with van der Waals surface area (Å²) in [6.07, 6.45) is 23.2. The lowest BCUT2D eigenvalue weighted by Crippen LogP contribution is -2.20. The van der Waals surface area contributed by atoms with Gasteiger partial charge in [0.25, 0.3) is 0 Å². The fourth-order valence-corrected chi connectivity index (χ4v) is 5.97. The van der Waals surface area contributed by atoms with Gasteiger partial charge in [-0.05, 0) is 55.3 Å². The molecular weight excluding hydrogens is 252 g/mol. The second-order valence-corrected chi connectivity index (χ2v) is 8.67. The number of rotatable bonds is 6. The second-order valence-electron chi connectivity index (χ2n) is 8.67. The molecule has 0 heteroatoms. The first kappa shape index (κ1) is 15.9. The zero-order chi connectivity index (χ0) is 14.5. The topological polar surface area (TPSA) is 0 Å². The molecule has 2 atom stereocenters. The highest BCUT2D eigenvalue weighted by Gasteiger charge is 2.39. The molecule has 0 aliphatic heterocycles. The van der Waals surface area contributed by atoms with E-state index in [-0.39, 0.29) is 0 Å². The van der Waals surface area contributed by atoms with E-state index in [0.29, 0.717) is 0 Å². The Kier molecular flexibility index (Phi) is 6.07. The van der Waals surface area contributed by atoms with Crippen LogP contribution in [0.4, 0.5) is 0 Å². The van der Waals surface area contributed by atoms with Crippen molar-refractivity contribution in [3.63, 3.8) is 0 Å². The van der Waals surface area contributed by atoms with E-state index in [0.717, 1.165) is 29.6 Å². The summed E-state index contributed by atoms with van der Waals surface area (Å²) in [6.45, 7) is 2.32. The summed E-state index contributed by atoms with van der Waals surface area (Å²) in [5.41, 5.74) is 0. The fourth-order valence-electron chi connectivity index (χ4n) is 5.97. The average molecular weight is 291 g/mol. The number of unbranched alkanes of at least 4 members (excludes halogenated alkanes) is 3. The molecule has 0 saturated heterocycles. The molecule has 122 valence electrons. The van der Waals surface area contributed by atoms with Crippen LogP contribution in [0, 0.1) is 29.6 Å². The molecule has 3 saturated carbocycles. The van der Waals surface area contributed by atoms with Gasteiger partial charge in [-0.15, -0.1) is 0 Å². The molecule has 0 aromatic heterocycles. The Morgan fingerprint density at radius 3 is 1.90 bits per heavy atom. The Morgan fingerprint density at radius 1 is 0.619 bits per heavy atom. The minimum absolute atomic E-state index is 1.10. The summed E-state index contributed by atoms with van der Waals surface area (Å²) in [7, 11) is 0. The van der Waals surface area contributed by atoms with E-state index in [2.05, 4.69) is 6.92 Å². The SMILES string of the molecule is CCCCCCC1CCC(C2CC3CCCCC3C2)CC1. The van der Waals surface area contributed by atoms with Crippen molar-refractivity contribution in [2.75, 3.05) is 0 Å². The minimum atomic E-state index is 1.10. The van der Waals surface area contributed by atoms with Crippen LogP contribution < -0.4 is 0 Å². The monoisotopic (exact) mass is 290 g/mol. The quantitative estimate of drug-likeness (QED) is 0.463. The molecule has 3 rings (SSSR count). The van der Waals surface area contributed by atoms with Gasteiger partial charge >= 0.3 is 0 Å². The molecule has 0 N–H and O–H groups in total. The standard InChI is InChI=1S/C21H38/c1-2-3-4-5-8-17-11-13-18(14-12-17)21-15-19-9-6-7-10-20(19)16-21/h17-21H,2-16H2,1H3. The van der Waals surface area contributed by atoms with E-state index in [1.807, 2.05) is 0 Å². The third-order valence-corrected chi connectivity index (χ3v) is 7.30. The van der Waals surface area contributed by atoms with Gasteiger partial charge < -0.3 is 0 Å². The van der Waals surface area contributed by atoms with Crippen LogP contribution in [-0.2, 0) is 0 Å². The highest BCUT2D eigenvalue weighted by atomic mass is 14.4. The third-order valence-electron chi connectivity index (χ3n) is 7.30. The maximum Gasteiger partial charge on any atom is -0.0380 e. The van der Waals surface area contributed by atoms with Crippen LogP contribution in [0.5, 0.6) is 0 Å². The molecule has 0 aromatic carbocycles. The maximum absolute atomic E-state index is 2.32. The molecule has 3 fully saturated rings. The van der Waals surface area contributed by atoms with Gasteiger partial charge in [0.05, 0.1) is 0 Å². The van der Waals surface area contributed by atoms with E-state index in [9.17, 15) is 0 Å². The molecule has 0 amide bonds. The molecule has 0 heterocycles. The lowest BCUT2D eigenvalue weighted by Gasteiger charge is -2.32. The van der Waals surface area contributed by atoms with Gasteiger partial charge in [-0.25, -0.2) is 0 Å². The summed E-state index contributed by atoms with van der Waals surface area (Å²) in [5, 5.41) is 0. The van der Waals surface area contributed by atoms with E-state index in [4.69, 9.17) is 0 Å². The minimum Gasteiger partial charge on any atom is -0.0654 e. The molecule has 21 heavy (non-hydrogen) atoms. The van der Waals surface area contributed by atoms with Crippen molar-refractivity contribution in [2.45, 2.75) is 103 Å². The van der Waals surface area contributed by atoms with Crippen molar-refractivity contribution in [1.82, 2.24) is 0 Å². The number of hydrogen-bond acceptors (Lipinski definition) is 0. The van der Waals surface area contributed by atoms with Gasteiger partial charge in [-0.2, -0.15) is 0 Å². The molecular formula is C21H38. The van der Waals surface area contributed by atoms with Crippen molar-refractivity contribution in [3.8, 4) is 0 Å². The molecule has 2 unspecified atom stereocenters. The van der Waals surface area contributed by atoms with Crippen molar-refractivity contribution in [2.24, 2.45) is 29.6 Å². The number of hydrogen-bond donors (Lipinski definition) is 0. The van der Waals surface area contributed by atoms with E-state index in [1.165, 1.54) is 25.7 Å². The Morgan fingerprint density at radius 2 is 1.29 bits per heavy atom. The molecule has 3 aliphatic carbocycles. The van der Waals surface area contributed by atoms with Gasteiger partial charge in [-0.3, -0.25) is 0 Å². The van der Waals surface area contributed by atoms with Crippen LogP contribution >= 0.6 is 0 Å². The fraction of sp³-hybridized carbons (Fsp3) is 1.00. The summed E-state index contributed by atoms with van der Waals surface area (Å²) in [6, 6.07) is 0. The van der Waals surface area contributed by atoms with Crippen LogP contribution in [0.2, 0.25) is 0 Å². The maximum atomic E-state index is 2.32. The molecule has 0 aromatic rings. The van der Waals surface area contributed by atoms with Crippen LogP contribution in [-0.4, -0.2) is 0 Å². The Labute approximate surface area is 133 Å². The van der Waals surface area contributed by atoms with Gasteiger partial charge in [0, 0.05) is 0 Å². The van der Waals surface area contributed by atoms with Crippen LogP contribution in [0.1, 0.15) is 103 Å². The van der Waals surface area contributed by atoms with Crippen molar-refractivity contribution in [1.29, 1.82) is 0 Å².